The molecule has 1 aliphatic rings. The van der Waals surface area contributed by atoms with E-state index in [1.165, 1.54) is 20.8 Å². The first-order valence-electron chi connectivity index (χ1n) is 13.4. The number of carbonyl (C=O) groups excluding carboxylic acids is 3. The Kier molecular flexibility index (Phi) is 11.2. The summed E-state index contributed by atoms with van der Waals surface area (Å²) in [4.78, 5) is 37.6. The molecule has 0 radical (unpaired) electrons. The van der Waals surface area contributed by atoms with Crippen LogP contribution in [-0.4, -0.2) is 36.2 Å². The second kappa shape index (κ2) is 13.5. The van der Waals surface area contributed by atoms with Crippen LogP contribution in [0.5, 0.6) is 5.75 Å². The topological polar surface area (TPSA) is 93.7 Å². The highest BCUT2D eigenvalue weighted by Crippen LogP contribution is 2.32. The van der Waals surface area contributed by atoms with Crippen LogP contribution in [0.3, 0.4) is 0 Å². The van der Waals surface area contributed by atoms with Crippen molar-refractivity contribution < 1.29 is 41.4 Å². The minimum Gasteiger partial charge on any atom is -0.444 e. The molecule has 1 saturated carbocycles. The van der Waals surface area contributed by atoms with Crippen molar-refractivity contribution in [2.24, 2.45) is 11.3 Å². The van der Waals surface area contributed by atoms with Gasteiger partial charge in [-0.05, 0) is 44.9 Å². The molecule has 0 bridgehead atoms. The Morgan fingerprint density at radius 1 is 0.821 bits per heavy atom. The number of nitrogens with one attached hydrogen (secondary N) is 2. The fourth-order valence-electron chi connectivity index (χ4n) is 4.36. The van der Waals surface area contributed by atoms with E-state index in [2.05, 4.69) is 10.6 Å². The maximum absolute atomic E-state index is 14.9. The highest BCUT2D eigenvalue weighted by molar-refractivity contribution is 5.95. The predicted molar refractivity (Wildman–Crippen MR) is 137 cm³/mol. The Labute approximate surface area is 227 Å². The van der Waals surface area contributed by atoms with E-state index in [1.54, 1.807) is 20.8 Å². The Morgan fingerprint density at radius 2 is 1.31 bits per heavy atom. The smallest absolute Gasteiger partial charge is 0.408 e. The first kappa shape index (κ1) is 32.4. The van der Waals surface area contributed by atoms with Crippen molar-refractivity contribution in [1.29, 1.82) is 0 Å². The molecule has 2 rings (SSSR count). The average molecular weight is 561 g/mol. The summed E-state index contributed by atoms with van der Waals surface area (Å²) in [5.41, 5.74) is -3.40. The molecule has 220 valence electrons. The molecule has 1 aromatic rings. The van der Waals surface area contributed by atoms with Crippen LogP contribution in [0.15, 0.2) is 0 Å². The van der Waals surface area contributed by atoms with Gasteiger partial charge < -0.3 is 20.1 Å². The largest absolute Gasteiger partial charge is 0.444 e. The Morgan fingerprint density at radius 3 is 1.77 bits per heavy atom. The molecule has 2 amide bonds. The van der Waals surface area contributed by atoms with E-state index in [0.29, 0.717) is 0 Å². The van der Waals surface area contributed by atoms with E-state index in [1.807, 2.05) is 0 Å². The van der Waals surface area contributed by atoms with Crippen molar-refractivity contribution >= 4 is 18.0 Å². The van der Waals surface area contributed by atoms with Gasteiger partial charge in [-0.2, -0.15) is 8.78 Å². The lowest BCUT2D eigenvalue weighted by Crippen LogP contribution is -2.52. The van der Waals surface area contributed by atoms with E-state index >= 15 is 0 Å². The van der Waals surface area contributed by atoms with Gasteiger partial charge in [0.2, 0.25) is 17.4 Å². The zero-order valence-corrected chi connectivity index (χ0v) is 23.6. The van der Waals surface area contributed by atoms with Gasteiger partial charge in [0, 0.05) is 6.54 Å². The van der Waals surface area contributed by atoms with Gasteiger partial charge in [0.15, 0.2) is 11.6 Å². The summed E-state index contributed by atoms with van der Waals surface area (Å²) in [5, 5.41) is 4.65. The number of halogens is 4. The number of rotatable bonds is 6. The molecule has 2 N–H and O–H groups in total. The zero-order valence-electron chi connectivity index (χ0n) is 23.6. The van der Waals surface area contributed by atoms with Crippen molar-refractivity contribution in [3.05, 3.63) is 28.8 Å². The fraction of sp³-hybridized carbons (Fsp3) is 0.679. The molecule has 0 unspecified atom stereocenters. The lowest BCUT2D eigenvalue weighted by atomic mass is 9.87. The number of ether oxygens (including phenoxy) is 2. The van der Waals surface area contributed by atoms with Gasteiger partial charge in [0.05, 0.1) is 0 Å². The van der Waals surface area contributed by atoms with Crippen LogP contribution in [0.25, 0.3) is 0 Å². The van der Waals surface area contributed by atoms with Crippen molar-refractivity contribution in [2.75, 3.05) is 6.54 Å². The molecule has 0 heterocycles. The van der Waals surface area contributed by atoms with Crippen molar-refractivity contribution in [1.82, 2.24) is 10.6 Å². The molecule has 1 aromatic carbocycles. The van der Waals surface area contributed by atoms with Gasteiger partial charge in [-0.1, -0.05) is 59.3 Å². The van der Waals surface area contributed by atoms with E-state index in [-0.39, 0.29) is 12.5 Å². The highest BCUT2D eigenvalue weighted by atomic mass is 19.2. The molecule has 0 aliphatic heterocycles. The maximum Gasteiger partial charge on any atom is 0.408 e. The van der Waals surface area contributed by atoms with Crippen LogP contribution in [0.2, 0.25) is 0 Å². The summed E-state index contributed by atoms with van der Waals surface area (Å²) in [6.07, 6.45) is 6.98. The summed E-state index contributed by atoms with van der Waals surface area (Å²) in [6, 6.07) is -1.51. The van der Waals surface area contributed by atoms with Crippen LogP contribution in [0.1, 0.15) is 103 Å². The molecule has 0 saturated heterocycles. The maximum atomic E-state index is 14.9. The summed E-state index contributed by atoms with van der Waals surface area (Å²) in [7, 11) is 0. The van der Waals surface area contributed by atoms with Crippen molar-refractivity contribution in [2.45, 2.75) is 105 Å². The molecule has 1 atom stereocenters. The third-order valence-corrected chi connectivity index (χ3v) is 6.44. The molecule has 11 heteroatoms. The number of hydrogen-bond donors (Lipinski definition) is 2. The van der Waals surface area contributed by atoms with Crippen molar-refractivity contribution in [3.63, 3.8) is 0 Å². The summed E-state index contributed by atoms with van der Waals surface area (Å²) < 4.78 is 69.2. The molecule has 1 fully saturated rings. The molecule has 1 aliphatic carbocycles. The lowest BCUT2D eigenvalue weighted by molar-refractivity contribution is -0.140. The van der Waals surface area contributed by atoms with E-state index < -0.39 is 69.6 Å². The normalized spacial score (nSPS) is 16.4. The van der Waals surface area contributed by atoms with Gasteiger partial charge in [0.1, 0.15) is 17.2 Å². The van der Waals surface area contributed by atoms with E-state index in [4.69, 9.17) is 9.47 Å². The molecular weight excluding hydrogens is 520 g/mol. The molecular formula is C28H40F4N2O5. The second-order valence-electron chi connectivity index (χ2n) is 12.1. The minimum atomic E-state index is -2.04. The summed E-state index contributed by atoms with van der Waals surface area (Å²) in [6.45, 7) is 9.44. The lowest BCUT2D eigenvalue weighted by Gasteiger charge is -2.30. The Balaban J connectivity index is 2.23. The van der Waals surface area contributed by atoms with Crippen LogP contribution >= 0.6 is 0 Å². The number of hydrogen-bond acceptors (Lipinski definition) is 5. The van der Waals surface area contributed by atoms with E-state index in [0.717, 1.165) is 51.4 Å². The van der Waals surface area contributed by atoms with Crippen LogP contribution in [0.4, 0.5) is 22.4 Å². The number of esters is 1. The summed E-state index contributed by atoms with van der Waals surface area (Å²) in [5.74, 6) is -12.3. The number of benzene rings is 1. The molecule has 0 aromatic heterocycles. The number of alkyl carbamates (subject to hydrolysis) is 1. The molecule has 0 spiro atoms. The minimum absolute atomic E-state index is 0.0832. The van der Waals surface area contributed by atoms with Crippen LogP contribution in [0, 0.1) is 34.6 Å². The second-order valence-corrected chi connectivity index (χ2v) is 12.1. The third-order valence-electron chi connectivity index (χ3n) is 6.44. The zero-order chi connectivity index (χ0) is 29.5. The fourth-order valence-corrected chi connectivity index (χ4v) is 4.36. The number of carbonyl (C=O) groups is 3. The van der Waals surface area contributed by atoms with Gasteiger partial charge in [-0.3, -0.25) is 4.79 Å². The third kappa shape index (κ3) is 9.39. The molecule has 39 heavy (non-hydrogen) atoms. The van der Waals surface area contributed by atoms with Gasteiger partial charge in [-0.25, -0.2) is 18.4 Å². The monoisotopic (exact) mass is 560 g/mol. The van der Waals surface area contributed by atoms with Crippen LogP contribution < -0.4 is 15.4 Å². The molecule has 7 nitrogen and oxygen atoms in total. The Bertz CT molecular complexity index is 1010. The quantitative estimate of drug-likeness (QED) is 0.178. The van der Waals surface area contributed by atoms with Gasteiger partial charge in [-0.15, -0.1) is 0 Å². The standard InChI is InChI=1S/C28H40F4N2O5/c1-27(2,3)23(34-26(37)39-28(4,5)6)25(36)38-22-20(31)18(29)17(19(30)21(22)32)24(35)33-15-16-13-11-9-7-8-10-12-14-16/h16,23H,7-15H2,1-6H3,(H,33,35)(H,34,37)/t23-/m1/s1. The SMILES string of the molecule is CC(C)(C)OC(=O)N[C@H](C(=O)Oc1c(F)c(F)c(C(=O)NCC2CCCCCCCC2)c(F)c1F)C(C)(C)C. The Hall–Kier alpha value is -2.85. The number of amides is 2. The first-order valence-corrected chi connectivity index (χ1v) is 13.4. The van der Waals surface area contributed by atoms with Gasteiger partial charge >= 0.3 is 12.1 Å². The highest BCUT2D eigenvalue weighted by Gasteiger charge is 2.38. The van der Waals surface area contributed by atoms with Crippen molar-refractivity contribution in [3.8, 4) is 5.75 Å². The van der Waals surface area contributed by atoms with E-state index in [9.17, 15) is 31.9 Å². The summed E-state index contributed by atoms with van der Waals surface area (Å²) >= 11 is 0. The van der Waals surface area contributed by atoms with Gasteiger partial charge in [0.25, 0.3) is 5.91 Å². The van der Waals surface area contributed by atoms with Crippen LogP contribution in [-0.2, 0) is 9.53 Å². The first-order chi connectivity index (χ1) is 18.0. The average Bonchev–Trinajstić information content (AvgIpc) is 2.95. The predicted octanol–water partition coefficient (Wildman–Crippen LogP) is 6.57.